The minimum absolute atomic E-state index is 0.207. The Morgan fingerprint density at radius 1 is 1.16 bits per heavy atom. The summed E-state index contributed by atoms with van der Waals surface area (Å²) < 4.78 is 29.0. The Morgan fingerprint density at radius 3 is 2.58 bits per heavy atom. The highest BCUT2D eigenvalue weighted by Crippen LogP contribution is 2.26. The van der Waals surface area contributed by atoms with Crippen molar-refractivity contribution < 1.29 is 13.2 Å². The number of hydrogen-bond donors (Lipinski definition) is 1. The van der Waals surface area contributed by atoms with Crippen LogP contribution in [-0.4, -0.2) is 46.0 Å². The van der Waals surface area contributed by atoms with Gasteiger partial charge in [0, 0.05) is 25.0 Å². The third-order valence-electron chi connectivity index (χ3n) is 5.36. The smallest absolute Gasteiger partial charge is 0.243 e. The van der Waals surface area contributed by atoms with Gasteiger partial charge in [0.2, 0.25) is 15.9 Å². The second kappa shape index (κ2) is 8.60. The fraction of sp³-hybridized carbons (Fsp3) is 0.318. The first-order valence-corrected chi connectivity index (χ1v) is 11.6. The quantitative estimate of drug-likeness (QED) is 0.636. The van der Waals surface area contributed by atoms with E-state index in [-0.39, 0.29) is 17.3 Å². The summed E-state index contributed by atoms with van der Waals surface area (Å²) in [5.74, 6) is 0.413. The molecule has 3 aromatic rings. The number of nitrogens with one attached hydrogen (secondary N) is 1. The van der Waals surface area contributed by atoms with Crippen LogP contribution < -0.4 is 5.32 Å². The Morgan fingerprint density at radius 2 is 1.94 bits per heavy atom. The maximum atomic E-state index is 13.0. The molecule has 9 heteroatoms. The Bertz CT molecular complexity index is 1170. The number of aromatic nitrogens is 3. The number of benzene rings is 1. The molecule has 1 atom stereocenters. The SMILES string of the molecule is Cc1cc(C)n(-c2ccc(CNC(=O)[C@@H]3CCCN3S(=O)(=O)c3ccccc3)cn2)n1. The van der Waals surface area contributed by atoms with Crippen LogP contribution in [0.5, 0.6) is 0 Å². The average Bonchev–Trinajstić information content (AvgIpc) is 3.40. The minimum atomic E-state index is -3.70. The van der Waals surface area contributed by atoms with Crippen LogP contribution in [0, 0.1) is 13.8 Å². The molecule has 3 heterocycles. The van der Waals surface area contributed by atoms with Gasteiger partial charge in [0.25, 0.3) is 0 Å². The molecule has 0 radical (unpaired) electrons. The Hall–Kier alpha value is -3.04. The van der Waals surface area contributed by atoms with Crippen LogP contribution in [0.1, 0.15) is 29.8 Å². The molecule has 1 saturated heterocycles. The van der Waals surface area contributed by atoms with Crippen LogP contribution in [0.15, 0.2) is 59.6 Å². The molecule has 1 amide bonds. The second-order valence-electron chi connectivity index (χ2n) is 7.67. The van der Waals surface area contributed by atoms with Gasteiger partial charge in [0.05, 0.1) is 10.6 Å². The highest BCUT2D eigenvalue weighted by Gasteiger charge is 2.39. The third kappa shape index (κ3) is 4.38. The van der Waals surface area contributed by atoms with Crippen molar-refractivity contribution >= 4 is 15.9 Å². The summed E-state index contributed by atoms with van der Waals surface area (Å²) in [5.41, 5.74) is 2.74. The number of hydrogen-bond acceptors (Lipinski definition) is 5. The molecule has 1 aliphatic heterocycles. The monoisotopic (exact) mass is 439 g/mol. The van der Waals surface area contributed by atoms with E-state index in [4.69, 9.17) is 0 Å². The van der Waals surface area contributed by atoms with E-state index in [1.54, 1.807) is 41.2 Å². The lowest BCUT2D eigenvalue weighted by Gasteiger charge is -2.23. The summed E-state index contributed by atoms with van der Waals surface area (Å²) in [7, 11) is -3.70. The summed E-state index contributed by atoms with van der Waals surface area (Å²) in [6.07, 6.45) is 2.86. The third-order valence-corrected chi connectivity index (χ3v) is 7.28. The molecule has 4 rings (SSSR count). The van der Waals surface area contributed by atoms with E-state index in [0.29, 0.717) is 25.2 Å². The Kier molecular flexibility index (Phi) is 5.88. The molecular weight excluding hydrogens is 414 g/mol. The predicted molar refractivity (Wildman–Crippen MR) is 116 cm³/mol. The summed E-state index contributed by atoms with van der Waals surface area (Å²) in [6, 6.07) is 13.2. The van der Waals surface area contributed by atoms with Crippen molar-refractivity contribution in [2.24, 2.45) is 0 Å². The standard InChI is InChI=1S/C22H25N5O3S/c1-16-13-17(2)27(25-16)21-11-10-18(14-23-21)15-24-22(28)20-9-6-12-26(20)31(29,30)19-7-4-3-5-8-19/h3-5,7-8,10-11,13-14,20H,6,9,12,15H2,1-2H3,(H,24,28)/t20-/m0/s1. The van der Waals surface area contributed by atoms with Crippen molar-refractivity contribution in [3.8, 4) is 5.82 Å². The molecule has 0 unspecified atom stereocenters. The Balaban J connectivity index is 1.42. The molecular formula is C22H25N5O3S. The summed E-state index contributed by atoms with van der Waals surface area (Å²) in [6.45, 7) is 4.51. The van der Waals surface area contributed by atoms with Crippen molar-refractivity contribution in [1.82, 2.24) is 24.4 Å². The Labute approximate surface area is 182 Å². The normalized spacial score (nSPS) is 17.0. The van der Waals surface area contributed by atoms with Gasteiger partial charge >= 0.3 is 0 Å². The van der Waals surface area contributed by atoms with Crippen LogP contribution in [0.25, 0.3) is 5.82 Å². The van der Waals surface area contributed by atoms with E-state index in [9.17, 15) is 13.2 Å². The van der Waals surface area contributed by atoms with Crippen LogP contribution in [0.4, 0.5) is 0 Å². The molecule has 0 spiro atoms. The molecule has 0 aliphatic carbocycles. The van der Waals surface area contributed by atoms with Crippen molar-refractivity contribution in [2.45, 2.75) is 44.2 Å². The van der Waals surface area contributed by atoms with Gasteiger partial charge in [0.1, 0.15) is 6.04 Å². The largest absolute Gasteiger partial charge is 0.351 e. The van der Waals surface area contributed by atoms with E-state index in [2.05, 4.69) is 15.4 Å². The molecule has 31 heavy (non-hydrogen) atoms. The lowest BCUT2D eigenvalue weighted by atomic mass is 10.2. The fourth-order valence-electron chi connectivity index (χ4n) is 3.83. The van der Waals surface area contributed by atoms with Gasteiger partial charge < -0.3 is 5.32 Å². The topological polar surface area (TPSA) is 97.2 Å². The molecule has 8 nitrogen and oxygen atoms in total. The number of carbonyl (C=O) groups is 1. The number of aryl methyl sites for hydroxylation is 2. The van der Waals surface area contributed by atoms with Gasteiger partial charge in [-0.2, -0.15) is 9.40 Å². The zero-order valence-corrected chi connectivity index (χ0v) is 18.3. The molecule has 2 aromatic heterocycles. The van der Waals surface area contributed by atoms with E-state index in [0.717, 1.165) is 17.0 Å². The van der Waals surface area contributed by atoms with Gasteiger partial charge in [-0.05, 0) is 56.5 Å². The van der Waals surface area contributed by atoms with Gasteiger partial charge in [-0.3, -0.25) is 4.79 Å². The van der Waals surface area contributed by atoms with Crippen LogP contribution >= 0.6 is 0 Å². The maximum absolute atomic E-state index is 13.0. The minimum Gasteiger partial charge on any atom is -0.351 e. The number of rotatable bonds is 6. The van der Waals surface area contributed by atoms with Crippen molar-refractivity contribution in [3.05, 3.63) is 71.7 Å². The molecule has 1 fully saturated rings. The van der Waals surface area contributed by atoms with Gasteiger partial charge in [0.15, 0.2) is 5.82 Å². The molecule has 1 N–H and O–H groups in total. The lowest BCUT2D eigenvalue weighted by Crippen LogP contribution is -2.45. The van der Waals surface area contributed by atoms with Gasteiger partial charge in [-0.1, -0.05) is 24.3 Å². The number of amides is 1. The molecule has 162 valence electrons. The average molecular weight is 440 g/mol. The van der Waals surface area contributed by atoms with Gasteiger partial charge in [-0.15, -0.1) is 0 Å². The second-order valence-corrected chi connectivity index (χ2v) is 9.56. The van der Waals surface area contributed by atoms with E-state index >= 15 is 0 Å². The number of sulfonamides is 1. The predicted octanol–water partition coefficient (Wildman–Crippen LogP) is 2.35. The molecule has 0 bridgehead atoms. The summed E-state index contributed by atoms with van der Waals surface area (Å²) in [4.78, 5) is 17.4. The van der Waals surface area contributed by atoms with Crippen LogP contribution in [0.3, 0.4) is 0 Å². The fourth-order valence-corrected chi connectivity index (χ4v) is 5.51. The van der Waals surface area contributed by atoms with E-state index in [1.165, 1.54) is 4.31 Å². The first-order chi connectivity index (χ1) is 14.9. The summed E-state index contributed by atoms with van der Waals surface area (Å²) in [5, 5.41) is 7.28. The van der Waals surface area contributed by atoms with Crippen molar-refractivity contribution in [3.63, 3.8) is 0 Å². The van der Waals surface area contributed by atoms with Crippen molar-refractivity contribution in [1.29, 1.82) is 0 Å². The zero-order valence-electron chi connectivity index (χ0n) is 17.5. The lowest BCUT2D eigenvalue weighted by molar-refractivity contribution is -0.124. The first kappa shape index (κ1) is 21.2. The molecule has 1 aromatic carbocycles. The highest BCUT2D eigenvalue weighted by atomic mass is 32.2. The highest BCUT2D eigenvalue weighted by molar-refractivity contribution is 7.89. The number of nitrogens with zero attached hydrogens (tertiary/aromatic N) is 4. The number of carbonyl (C=O) groups excluding carboxylic acids is 1. The van der Waals surface area contributed by atoms with Crippen LogP contribution in [0.2, 0.25) is 0 Å². The number of pyridine rings is 1. The first-order valence-electron chi connectivity index (χ1n) is 10.2. The summed E-state index contributed by atoms with van der Waals surface area (Å²) >= 11 is 0. The maximum Gasteiger partial charge on any atom is 0.243 e. The zero-order chi connectivity index (χ0) is 22.0. The van der Waals surface area contributed by atoms with Crippen LogP contribution in [-0.2, 0) is 21.4 Å². The van der Waals surface area contributed by atoms with Gasteiger partial charge in [-0.25, -0.2) is 18.1 Å². The van der Waals surface area contributed by atoms with E-state index in [1.807, 2.05) is 32.0 Å². The molecule has 0 saturated carbocycles. The van der Waals surface area contributed by atoms with E-state index < -0.39 is 16.1 Å². The van der Waals surface area contributed by atoms with Crippen molar-refractivity contribution in [2.75, 3.05) is 6.54 Å². The molecule has 1 aliphatic rings.